The van der Waals surface area contributed by atoms with Crippen LogP contribution in [0.3, 0.4) is 0 Å². The summed E-state index contributed by atoms with van der Waals surface area (Å²) in [5.74, 6) is 0.857. The number of anilines is 1. The van der Waals surface area contributed by atoms with Crippen molar-refractivity contribution in [2.24, 2.45) is 0 Å². The second-order valence-corrected chi connectivity index (χ2v) is 7.11. The van der Waals surface area contributed by atoms with E-state index in [-0.39, 0.29) is 5.91 Å². The molecule has 4 nitrogen and oxygen atoms in total. The van der Waals surface area contributed by atoms with E-state index in [4.69, 9.17) is 27.9 Å². The van der Waals surface area contributed by atoms with E-state index >= 15 is 0 Å². The molecule has 128 valence electrons. The Morgan fingerprint density at radius 1 is 1.24 bits per heavy atom. The number of carbonyl (C=O) groups excluding carboxylic acids is 1. The van der Waals surface area contributed by atoms with Crippen molar-refractivity contribution in [2.75, 3.05) is 5.32 Å². The molecule has 0 saturated heterocycles. The highest BCUT2D eigenvalue weighted by Gasteiger charge is 2.11. The summed E-state index contributed by atoms with van der Waals surface area (Å²) in [5, 5.41) is 5.69. The number of nitrogens with one attached hydrogen (secondary N) is 1. The Bertz CT molecular complexity index is 894. The Balaban J connectivity index is 1.62. The zero-order chi connectivity index (χ0) is 17.8. The van der Waals surface area contributed by atoms with Crippen LogP contribution in [0.25, 0.3) is 0 Å². The molecule has 3 aromatic rings. The number of aryl methyl sites for hydroxylation is 1. The van der Waals surface area contributed by atoms with Crippen LogP contribution in [-0.4, -0.2) is 10.9 Å². The van der Waals surface area contributed by atoms with Gasteiger partial charge in [-0.15, -0.1) is 11.3 Å². The summed E-state index contributed by atoms with van der Waals surface area (Å²) in [5.41, 5.74) is 1.97. The van der Waals surface area contributed by atoms with Gasteiger partial charge in [0.05, 0.1) is 14.9 Å². The van der Waals surface area contributed by atoms with Crippen molar-refractivity contribution in [1.29, 1.82) is 0 Å². The van der Waals surface area contributed by atoms with Crippen LogP contribution in [0.4, 0.5) is 5.82 Å². The maximum Gasteiger partial charge on any atom is 0.266 e. The molecular weight excluding hydrogens is 379 g/mol. The van der Waals surface area contributed by atoms with Gasteiger partial charge in [0.15, 0.2) is 0 Å². The molecule has 0 radical (unpaired) electrons. The number of halogens is 2. The van der Waals surface area contributed by atoms with Crippen LogP contribution in [0.15, 0.2) is 48.0 Å². The molecule has 1 N–H and O–H groups in total. The molecule has 0 aliphatic carbocycles. The number of aromatic nitrogens is 1. The summed E-state index contributed by atoms with van der Waals surface area (Å²) >= 11 is 13.2. The van der Waals surface area contributed by atoms with Gasteiger partial charge in [-0.05, 0) is 48.2 Å². The molecule has 2 aromatic heterocycles. The lowest BCUT2D eigenvalue weighted by atomic mass is 10.2. The number of carbonyl (C=O) groups is 1. The van der Waals surface area contributed by atoms with Gasteiger partial charge >= 0.3 is 0 Å². The number of amides is 1. The van der Waals surface area contributed by atoms with E-state index in [1.807, 2.05) is 24.4 Å². The Morgan fingerprint density at radius 3 is 2.84 bits per heavy atom. The third kappa shape index (κ3) is 4.72. The van der Waals surface area contributed by atoms with E-state index in [1.54, 1.807) is 24.3 Å². The van der Waals surface area contributed by atoms with Crippen molar-refractivity contribution in [2.45, 2.75) is 13.5 Å². The largest absolute Gasteiger partial charge is 0.487 e. The SMILES string of the molecule is Cc1ccc(Cl)c(OCc2csc(C(=O)Nc3ccc(Cl)cn3)c2)c1. The minimum absolute atomic E-state index is 0.223. The molecule has 25 heavy (non-hydrogen) atoms. The number of rotatable bonds is 5. The lowest BCUT2D eigenvalue weighted by Gasteiger charge is -2.07. The normalized spacial score (nSPS) is 10.5. The molecule has 0 saturated carbocycles. The number of pyridine rings is 1. The zero-order valence-corrected chi connectivity index (χ0v) is 15.6. The van der Waals surface area contributed by atoms with E-state index in [0.717, 1.165) is 11.1 Å². The van der Waals surface area contributed by atoms with Crippen molar-refractivity contribution in [3.63, 3.8) is 0 Å². The molecule has 0 spiro atoms. The predicted octanol–water partition coefficient (Wildman–Crippen LogP) is 5.59. The third-order valence-electron chi connectivity index (χ3n) is 3.33. The quantitative estimate of drug-likeness (QED) is 0.615. The summed E-state index contributed by atoms with van der Waals surface area (Å²) in [4.78, 5) is 16.9. The summed E-state index contributed by atoms with van der Waals surface area (Å²) in [6, 6.07) is 10.7. The van der Waals surface area contributed by atoms with Gasteiger partial charge in [-0.25, -0.2) is 4.98 Å². The highest BCUT2D eigenvalue weighted by Crippen LogP contribution is 2.27. The average Bonchev–Trinajstić information content (AvgIpc) is 3.07. The summed E-state index contributed by atoms with van der Waals surface area (Å²) in [6.07, 6.45) is 1.48. The van der Waals surface area contributed by atoms with Crippen molar-refractivity contribution in [1.82, 2.24) is 4.98 Å². The van der Waals surface area contributed by atoms with E-state index < -0.39 is 0 Å². The molecule has 0 bridgehead atoms. The highest BCUT2D eigenvalue weighted by atomic mass is 35.5. The lowest BCUT2D eigenvalue weighted by molar-refractivity contribution is 0.103. The van der Waals surface area contributed by atoms with Crippen molar-refractivity contribution in [3.8, 4) is 5.75 Å². The first-order valence-electron chi connectivity index (χ1n) is 7.40. The van der Waals surface area contributed by atoms with Crippen LogP contribution in [0.5, 0.6) is 5.75 Å². The van der Waals surface area contributed by atoms with Crippen molar-refractivity contribution < 1.29 is 9.53 Å². The monoisotopic (exact) mass is 392 g/mol. The number of ether oxygens (including phenoxy) is 1. The molecule has 0 aliphatic heterocycles. The molecular formula is C18H14Cl2N2O2S. The fraction of sp³-hybridized carbons (Fsp3) is 0.111. The van der Waals surface area contributed by atoms with Crippen LogP contribution >= 0.6 is 34.5 Å². The van der Waals surface area contributed by atoms with Gasteiger partial charge < -0.3 is 10.1 Å². The highest BCUT2D eigenvalue weighted by molar-refractivity contribution is 7.12. The minimum atomic E-state index is -0.223. The second-order valence-electron chi connectivity index (χ2n) is 5.36. The second kappa shape index (κ2) is 7.87. The maximum atomic E-state index is 12.2. The zero-order valence-electron chi connectivity index (χ0n) is 13.3. The maximum absolute atomic E-state index is 12.2. The Hall–Kier alpha value is -2.08. The molecule has 2 heterocycles. The molecule has 0 atom stereocenters. The fourth-order valence-electron chi connectivity index (χ4n) is 2.08. The predicted molar refractivity (Wildman–Crippen MR) is 102 cm³/mol. The van der Waals surface area contributed by atoms with Crippen molar-refractivity contribution in [3.05, 3.63) is 74.0 Å². The van der Waals surface area contributed by atoms with E-state index in [1.165, 1.54) is 17.5 Å². The van der Waals surface area contributed by atoms with E-state index in [2.05, 4.69) is 10.3 Å². The van der Waals surface area contributed by atoms with Crippen LogP contribution in [-0.2, 0) is 6.61 Å². The molecule has 3 rings (SSSR count). The molecule has 0 unspecified atom stereocenters. The summed E-state index contributed by atoms with van der Waals surface area (Å²) in [7, 11) is 0. The standard InChI is InChI=1S/C18H14Cl2N2O2S/c1-11-2-4-14(20)15(6-11)24-9-12-7-16(25-10-12)18(23)22-17-5-3-13(19)8-21-17/h2-8,10H,9H2,1H3,(H,21,22,23). The first-order chi connectivity index (χ1) is 12.0. The number of benzene rings is 1. The van der Waals surface area contributed by atoms with Crippen LogP contribution in [0, 0.1) is 6.92 Å². The molecule has 1 amide bonds. The number of nitrogens with zero attached hydrogens (tertiary/aromatic N) is 1. The van der Waals surface area contributed by atoms with Gasteiger partial charge in [-0.2, -0.15) is 0 Å². The topological polar surface area (TPSA) is 51.2 Å². The number of thiophene rings is 1. The fourth-order valence-corrected chi connectivity index (χ4v) is 3.16. The number of hydrogen-bond acceptors (Lipinski definition) is 4. The smallest absolute Gasteiger partial charge is 0.266 e. The first-order valence-corrected chi connectivity index (χ1v) is 9.04. The van der Waals surface area contributed by atoms with Gasteiger partial charge in [0.2, 0.25) is 0 Å². The number of hydrogen-bond donors (Lipinski definition) is 1. The first kappa shape index (κ1) is 17.7. The van der Waals surface area contributed by atoms with Crippen LogP contribution in [0.1, 0.15) is 20.8 Å². The van der Waals surface area contributed by atoms with Gasteiger partial charge in [0, 0.05) is 11.8 Å². The van der Waals surface area contributed by atoms with E-state index in [0.29, 0.717) is 33.1 Å². The van der Waals surface area contributed by atoms with E-state index in [9.17, 15) is 4.79 Å². The van der Waals surface area contributed by atoms with Gasteiger partial charge in [-0.1, -0.05) is 29.3 Å². The summed E-state index contributed by atoms with van der Waals surface area (Å²) in [6.45, 7) is 2.31. The Labute approximate surface area is 159 Å². The Kier molecular flexibility index (Phi) is 5.58. The van der Waals surface area contributed by atoms with Crippen LogP contribution < -0.4 is 10.1 Å². The molecule has 0 aliphatic rings. The van der Waals surface area contributed by atoms with Crippen LogP contribution in [0.2, 0.25) is 10.0 Å². The van der Waals surface area contributed by atoms with Gasteiger partial charge in [-0.3, -0.25) is 4.79 Å². The summed E-state index contributed by atoms with van der Waals surface area (Å²) < 4.78 is 5.74. The Morgan fingerprint density at radius 2 is 2.08 bits per heavy atom. The lowest BCUT2D eigenvalue weighted by Crippen LogP contribution is -2.11. The molecule has 7 heteroatoms. The molecule has 1 aromatic carbocycles. The van der Waals surface area contributed by atoms with Gasteiger partial charge in [0.25, 0.3) is 5.91 Å². The minimum Gasteiger partial charge on any atom is -0.487 e. The molecule has 0 fully saturated rings. The average molecular weight is 393 g/mol. The van der Waals surface area contributed by atoms with Gasteiger partial charge in [0.1, 0.15) is 18.2 Å². The third-order valence-corrected chi connectivity index (χ3v) is 4.84. The van der Waals surface area contributed by atoms with Crippen molar-refractivity contribution >= 4 is 46.3 Å².